The van der Waals surface area contributed by atoms with Gasteiger partial charge in [0.25, 0.3) is 0 Å². The largest absolute Gasteiger partial charge is 0.338 e. The second-order valence-corrected chi connectivity index (χ2v) is 4.71. The van der Waals surface area contributed by atoms with Gasteiger partial charge in [0, 0.05) is 17.4 Å². The molecule has 91 valence electrons. The minimum atomic E-state index is -0.209. The van der Waals surface area contributed by atoms with Gasteiger partial charge in [-0.25, -0.2) is 4.39 Å². The van der Waals surface area contributed by atoms with Crippen LogP contribution in [0.3, 0.4) is 0 Å². The van der Waals surface area contributed by atoms with E-state index in [9.17, 15) is 4.39 Å². The summed E-state index contributed by atoms with van der Waals surface area (Å²) in [7, 11) is 0. The number of halogens is 1. The van der Waals surface area contributed by atoms with Gasteiger partial charge in [-0.2, -0.15) is 0 Å². The summed E-state index contributed by atoms with van der Waals surface area (Å²) in [5.41, 5.74) is 2.85. The van der Waals surface area contributed by atoms with E-state index in [2.05, 4.69) is 24.0 Å². The fourth-order valence-electron chi connectivity index (χ4n) is 2.23. The Kier molecular flexibility index (Phi) is 2.78. The molecule has 1 fully saturated rings. The Morgan fingerprint density at radius 3 is 2.44 bits per heavy atom. The van der Waals surface area contributed by atoms with Crippen LogP contribution in [0.25, 0.3) is 0 Å². The molecule has 0 bridgehead atoms. The number of hydrogen-bond donors (Lipinski definition) is 0. The molecule has 0 spiro atoms. The third-order valence-electron chi connectivity index (χ3n) is 3.25. The van der Waals surface area contributed by atoms with E-state index in [0.717, 1.165) is 29.8 Å². The van der Waals surface area contributed by atoms with Crippen LogP contribution in [0.5, 0.6) is 0 Å². The number of para-hydroxylation sites is 1. The Hall–Kier alpha value is -1.83. The van der Waals surface area contributed by atoms with Gasteiger partial charge in [-0.3, -0.25) is 0 Å². The van der Waals surface area contributed by atoms with Crippen molar-refractivity contribution in [3.63, 3.8) is 0 Å². The van der Waals surface area contributed by atoms with Gasteiger partial charge in [0.2, 0.25) is 0 Å². The first-order valence-corrected chi connectivity index (χ1v) is 6.21. The number of benzene rings is 2. The average molecular weight is 240 g/mol. The first kappa shape index (κ1) is 11.3. The lowest BCUT2D eigenvalue weighted by atomic mass is 10.1. The van der Waals surface area contributed by atoms with Gasteiger partial charge in [-0.1, -0.05) is 24.3 Å². The molecule has 2 aromatic carbocycles. The van der Waals surface area contributed by atoms with Gasteiger partial charge in [0.05, 0.1) is 0 Å². The van der Waals surface area contributed by atoms with Gasteiger partial charge in [0.1, 0.15) is 5.82 Å². The molecule has 2 aromatic rings. The zero-order valence-electron chi connectivity index (χ0n) is 10.1. The van der Waals surface area contributed by atoms with Gasteiger partial charge in [-0.05, 0) is 49.6 Å². The van der Waals surface area contributed by atoms with E-state index < -0.39 is 0 Å². The van der Waals surface area contributed by atoms with Gasteiger partial charge >= 0.3 is 0 Å². The number of hydrogen-bond acceptors (Lipinski definition) is 1. The fraction of sp³-hybridized carbons (Fsp3) is 0.188. The maximum Gasteiger partial charge on any atom is 0.125 e. The maximum absolute atomic E-state index is 13.5. The third kappa shape index (κ3) is 2.10. The first-order valence-electron chi connectivity index (χ1n) is 6.21. The number of nitrogens with zero attached hydrogens (tertiary/aromatic N) is 1. The van der Waals surface area contributed by atoms with Crippen molar-refractivity contribution in [3.05, 3.63) is 66.8 Å². The van der Waals surface area contributed by atoms with E-state index in [-0.39, 0.29) is 5.82 Å². The highest BCUT2D eigenvalue weighted by Gasteiger charge is 2.31. The highest BCUT2D eigenvalue weighted by molar-refractivity contribution is 5.69. The normalized spacial score (nSPS) is 14.6. The predicted octanol–water partition coefficient (Wildman–Crippen LogP) is 4.31. The molecule has 3 rings (SSSR count). The molecule has 1 aliphatic carbocycles. The molecule has 0 heterocycles. The summed E-state index contributed by atoms with van der Waals surface area (Å²) >= 11 is 0. The summed E-state index contributed by atoms with van der Waals surface area (Å²) in [5, 5.41) is 0. The fourth-order valence-corrected chi connectivity index (χ4v) is 2.23. The molecule has 1 nitrogen and oxygen atoms in total. The quantitative estimate of drug-likeness (QED) is 0.772. The van der Waals surface area contributed by atoms with Crippen molar-refractivity contribution in [3.8, 4) is 0 Å². The summed E-state index contributed by atoms with van der Waals surface area (Å²) in [5.74, 6) is -0.209. The SMILES string of the molecule is [CH2]c1ccc(F)cc1N(c1ccccc1)C1CC1. The van der Waals surface area contributed by atoms with E-state index in [1.54, 1.807) is 12.1 Å². The van der Waals surface area contributed by atoms with Gasteiger partial charge in [-0.15, -0.1) is 0 Å². The number of rotatable bonds is 3. The Morgan fingerprint density at radius 1 is 1.06 bits per heavy atom. The molecule has 0 amide bonds. The second-order valence-electron chi connectivity index (χ2n) is 4.71. The van der Waals surface area contributed by atoms with Crippen molar-refractivity contribution in [1.29, 1.82) is 0 Å². The van der Waals surface area contributed by atoms with E-state index >= 15 is 0 Å². The Balaban J connectivity index is 2.07. The van der Waals surface area contributed by atoms with Crippen molar-refractivity contribution in [2.24, 2.45) is 0 Å². The zero-order valence-corrected chi connectivity index (χ0v) is 10.1. The summed E-state index contributed by atoms with van der Waals surface area (Å²) in [6, 6.07) is 15.4. The second kappa shape index (κ2) is 4.45. The zero-order chi connectivity index (χ0) is 12.5. The predicted molar refractivity (Wildman–Crippen MR) is 72.5 cm³/mol. The lowest BCUT2D eigenvalue weighted by Gasteiger charge is -2.26. The van der Waals surface area contributed by atoms with Crippen molar-refractivity contribution in [2.75, 3.05) is 4.90 Å². The standard InChI is InChI=1S/C16H15FN/c1-12-7-8-13(17)11-16(12)18(15-9-10-15)14-5-3-2-4-6-14/h2-8,11,15H,1,9-10H2. The number of anilines is 2. The minimum Gasteiger partial charge on any atom is -0.338 e. The van der Waals surface area contributed by atoms with E-state index in [0.29, 0.717) is 6.04 Å². The molecule has 1 saturated carbocycles. The van der Waals surface area contributed by atoms with Crippen LogP contribution in [-0.2, 0) is 0 Å². The summed E-state index contributed by atoms with van der Waals surface area (Å²) in [6.07, 6.45) is 2.32. The van der Waals surface area contributed by atoms with Crippen LogP contribution < -0.4 is 4.90 Å². The Bertz CT molecular complexity index is 546. The third-order valence-corrected chi connectivity index (χ3v) is 3.25. The molecule has 18 heavy (non-hydrogen) atoms. The molecule has 2 heteroatoms. The van der Waals surface area contributed by atoms with E-state index in [1.807, 2.05) is 18.2 Å². The molecule has 0 aliphatic heterocycles. The molecule has 1 radical (unpaired) electrons. The van der Waals surface area contributed by atoms with Crippen LogP contribution in [0, 0.1) is 12.7 Å². The topological polar surface area (TPSA) is 3.24 Å². The summed E-state index contributed by atoms with van der Waals surface area (Å²) in [4.78, 5) is 2.20. The summed E-state index contributed by atoms with van der Waals surface area (Å²) < 4.78 is 13.5. The lowest BCUT2D eigenvalue weighted by molar-refractivity contribution is 0.627. The molecule has 1 aliphatic rings. The molecule has 0 N–H and O–H groups in total. The van der Waals surface area contributed by atoms with Crippen LogP contribution in [0.1, 0.15) is 18.4 Å². The molecular formula is C16H15FN. The maximum atomic E-state index is 13.5. The first-order chi connectivity index (χ1) is 8.75. The summed E-state index contributed by atoms with van der Waals surface area (Å²) in [6.45, 7) is 4.01. The van der Waals surface area contributed by atoms with Crippen molar-refractivity contribution in [2.45, 2.75) is 18.9 Å². The molecule has 0 saturated heterocycles. The van der Waals surface area contributed by atoms with Crippen LogP contribution in [-0.4, -0.2) is 6.04 Å². The van der Waals surface area contributed by atoms with Crippen LogP contribution in [0.15, 0.2) is 48.5 Å². The van der Waals surface area contributed by atoms with Crippen LogP contribution in [0.4, 0.5) is 15.8 Å². The molecule has 0 atom stereocenters. The highest BCUT2D eigenvalue weighted by Crippen LogP contribution is 2.39. The molecule has 0 aromatic heterocycles. The minimum absolute atomic E-state index is 0.209. The van der Waals surface area contributed by atoms with Gasteiger partial charge < -0.3 is 4.90 Å². The van der Waals surface area contributed by atoms with Crippen molar-refractivity contribution >= 4 is 11.4 Å². The average Bonchev–Trinajstić information content (AvgIpc) is 3.20. The van der Waals surface area contributed by atoms with Crippen molar-refractivity contribution in [1.82, 2.24) is 0 Å². The lowest BCUT2D eigenvalue weighted by Crippen LogP contribution is -2.20. The van der Waals surface area contributed by atoms with Crippen LogP contribution >= 0.6 is 0 Å². The highest BCUT2D eigenvalue weighted by atomic mass is 19.1. The van der Waals surface area contributed by atoms with Gasteiger partial charge in [0.15, 0.2) is 0 Å². The molecular weight excluding hydrogens is 225 g/mol. The Morgan fingerprint density at radius 2 is 1.78 bits per heavy atom. The van der Waals surface area contributed by atoms with Crippen LogP contribution in [0.2, 0.25) is 0 Å². The van der Waals surface area contributed by atoms with E-state index in [4.69, 9.17) is 0 Å². The monoisotopic (exact) mass is 240 g/mol. The van der Waals surface area contributed by atoms with Crippen molar-refractivity contribution < 1.29 is 4.39 Å². The van der Waals surface area contributed by atoms with E-state index in [1.165, 1.54) is 6.07 Å². The smallest absolute Gasteiger partial charge is 0.125 e. The Labute approximate surface area is 107 Å². The molecule has 0 unspecified atom stereocenters.